The minimum Gasteiger partial charge on any atom is -0.352 e. The smallest absolute Gasteiger partial charge is 0.349 e. The van der Waals surface area contributed by atoms with Crippen LogP contribution in [0, 0.1) is 5.41 Å². The number of carbonyl (C=O) groups is 3. The molecule has 0 fully saturated rings. The number of carbonyl (C=O) groups excluding carboxylic acids is 3. The van der Waals surface area contributed by atoms with E-state index in [1.165, 1.54) is 6.42 Å². The third kappa shape index (κ3) is 8.65. The summed E-state index contributed by atoms with van der Waals surface area (Å²) in [6.07, 6.45) is 6.26. The molecule has 7 nitrogen and oxygen atoms in total. The van der Waals surface area contributed by atoms with E-state index in [0.29, 0.717) is 12.8 Å². The third-order valence-corrected chi connectivity index (χ3v) is 4.32. The molecule has 152 valence electrons. The monoisotopic (exact) mass is 371 g/mol. The first kappa shape index (κ1) is 24.4. The lowest BCUT2D eigenvalue weighted by Gasteiger charge is -2.28. The van der Waals surface area contributed by atoms with Crippen molar-refractivity contribution in [2.45, 2.75) is 98.6 Å². The predicted molar refractivity (Wildman–Crippen MR) is 102 cm³/mol. The summed E-state index contributed by atoms with van der Waals surface area (Å²) in [5, 5.41) is 15.2. The van der Waals surface area contributed by atoms with Crippen LogP contribution in [0.5, 0.6) is 0 Å². The quantitative estimate of drug-likeness (QED) is 0.293. The standard InChI is InChI=1S/C19H37N3O4/c1-7-9-10-11-12-13-19(5,6)17(24)22(26)18(25)21-15(8-2)16(23)20-14(3)4/h14-15,26H,7-13H2,1-6H3,(H,20,23)(H,21,25). The Balaban J connectivity index is 4.67. The molecule has 0 rings (SSSR count). The molecule has 0 aromatic rings. The second kappa shape index (κ2) is 11.9. The van der Waals surface area contributed by atoms with Crippen molar-refractivity contribution in [1.29, 1.82) is 0 Å². The van der Waals surface area contributed by atoms with Crippen LogP contribution in [0.1, 0.15) is 86.5 Å². The zero-order chi connectivity index (χ0) is 20.3. The van der Waals surface area contributed by atoms with Crippen molar-refractivity contribution in [3.63, 3.8) is 0 Å². The van der Waals surface area contributed by atoms with Gasteiger partial charge in [-0.3, -0.25) is 14.8 Å². The molecular weight excluding hydrogens is 334 g/mol. The maximum atomic E-state index is 12.5. The minimum absolute atomic E-state index is 0.0630. The Morgan fingerprint density at radius 2 is 1.58 bits per heavy atom. The highest BCUT2D eigenvalue weighted by Crippen LogP contribution is 2.26. The van der Waals surface area contributed by atoms with E-state index < -0.39 is 23.4 Å². The SMILES string of the molecule is CCCCCCCC(C)(C)C(=O)N(O)C(=O)NC(CC)C(=O)NC(C)C. The Bertz CT molecular complexity index is 464. The molecule has 0 radical (unpaired) electrons. The molecule has 0 heterocycles. The van der Waals surface area contributed by atoms with Gasteiger partial charge < -0.3 is 10.6 Å². The van der Waals surface area contributed by atoms with Crippen molar-refractivity contribution in [2.75, 3.05) is 0 Å². The molecular formula is C19H37N3O4. The van der Waals surface area contributed by atoms with Gasteiger partial charge in [-0.2, -0.15) is 0 Å². The number of hydrogen-bond acceptors (Lipinski definition) is 4. The van der Waals surface area contributed by atoms with E-state index in [0.717, 1.165) is 25.7 Å². The minimum atomic E-state index is -0.972. The van der Waals surface area contributed by atoms with E-state index in [1.807, 2.05) is 13.8 Å². The van der Waals surface area contributed by atoms with E-state index in [-0.39, 0.29) is 17.0 Å². The zero-order valence-electron chi connectivity index (χ0n) is 17.2. The summed E-state index contributed by atoms with van der Waals surface area (Å²) in [5.74, 6) is -1.00. The van der Waals surface area contributed by atoms with Gasteiger partial charge in [0.25, 0.3) is 5.91 Å². The molecule has 0 aromatic carbocycles. The Morgan fingerprint density at radius 1 is 1.00 bits per heavy atom. The van der Waals surface area contributed by atoms with Gasteiger partial charge in [0.1, 0.15) is 6.04 Å². The summed E-state index contributed by atoms with van der Waals surface area (Å²) in [7, 11) is 0. The first-order chi connectivity index (χ1) is 12.1. The molecule has 1 unspecified atom stereocenters. The van der Waals surface area contributed by atoms with E-state index in [2.05, 4.69) is 17.6 Å². The number of rotatable bonds is 11. The number of hydrogen-bond donors (Lipinski definition) is 3. The van der Waals surface area contributed by atoms with E-state index in [9.17, 15) is 19.6 Å². The van der Waals surface area contributed by atoms with Crippen molar-refractivity contribution in [3.05, 3.63) is 0 Å². The summed E-state index contributed by atoms with van der Waals surface area (Å²) in [4.78, 5) is 36.7. The van der Waals surface area contributed by atoms with Crippen molar-refractivity contribution >= 4 is 17.8 Å². The molecule has 0 aliphatic rings. The normalized spacial score (nSPS) is 12.6. The highest BCUT2D eigenvalue weighted by atomic mass is 16.5. The van der Waals surface area contributed by atoms with Crippen LogP contribution in [0.4, 0.5) is 4.79 Å². The fourth-order valence-electron chi connectivity index (χ4n) is 2.60. The molecule has 26 heavy (non-hydrogen) atoms. The number of urea groups is 1. The Morgan fingerprint density at radius 3 is 2.08 bits per heavy atom. The highest BCUT2D eigenvalue weighted by molar-refractivity contribution is 5.97. The van der Waals surface area contributed by atoms with Crippen LogP contribution in [-0.4, -0.2) is 40.2 Å². The maximum absolute atomic E-state index is 12.5. The fraction of sp³-hybridized carbons (Fsp3) is 0.842. The predicted octanol–water partition coefficient (Wildman–Crippen LogP) is 3.60. The molecule has 3 N–H and O–H groups in total. The van der Waals surface area contributed by atoms with E-state index >= 15 is 0 Å². The molecule has 0 bridgehead atoms. The topological polar surface area (TPSA) is 98.7 Å². The molecule has 0 aromatic heterocycles. The van der Waals surface area contributed by atoms with Gasteiger partial charge in [0, 0.05) is 11.5 Å². The van der Waals surface area contributed by atoms with Gasteiger partial charge in [0.2, 0.25) is 5.91 Å². The van der Waals surface area contributed by atoms with Gasteiger partial charge in [-0.15, -0.1) is 5.06 Å². The lowest BCUT2D eigenvalue weighted by molar-refractivity contribution is -0.163. The van der Waals surface area contributed by atoms with E-state index in [1.54, 1.807) is 20.8 Å². The summed E-state index contributed by atoms with van der Waals surface area (Å²) in [6.45, 7) is 11.0. The van der Waals surface area contributed by atoms with E-state index in [4.69, 9.17) is 0 Å². The van der Waals surface area contributed by atoms with Crippen molar-refractivity contribution < 1.29 is 19.6 Å². The Hall–Kier alpha value is -1.63. The molecule has 7 heteroatoms. The van der Waals surface area contributed by atoms with Gasteiger partial charge in [0.15, 0.2) is 0 Å². The second-order valence-corrected chi connectivity index (χ2v) is 7.74. The van der Waals surface area contributed by atoms with Crippen LogP contribution in [-0.2, 0) is 9.59 Å². The van der Waals surface area contributed by atoms with Crippen LogP contribution in [0.3, 0.4) is 0 Å². The van der Waals surface area contributed by atoms with Gasteiger partial charge in [-0.05, 0) is 26.7 Å². The average Bonchev–Trinajstić information content (AvgIpc) is 2.56. The highest BCUT2D eigenvalue weighted by Gasteiger charge is 2.35. The summed E-state index contributed by atoms with van der Waals surface area (Å²) in [6, 6.07) is -1.84. The number of nitrogens with zero attached hydrogens (tertiary/aromatic N) is 1. The van der Waals surface area contributed by atoms with Crippen molar-refractivity contribution in [2.24, 2.45) is 5.41 Å². The summed E-state index contributed by atoms with van der Waals surface area (Å²) < 4.78 is 0. The number of hydroxylamine groups is 2. The molecule has 1 atom stereocenters. The van der Waals surface area contributed by atoms with Crippen LogP contribution in [0.2, 0.25) is 0 Å². The first-order valence-corrected chi connectivity index (χ1v) is 9.71. The summed E-state index contributed by atoms with van der Waals surface area (Å²) >= 11 is 0. The largest absolute Gasteiger partial charge is 0.352 e. The van der Waals surface area contributed by atoms with Crippen LogP contribution in [0.15, 0.2) is 0 Å². The molecule has 0 spiro atoms. The first-order valence-electron chi connectivity index (χ1n) is 9.71. The van der Waals surface area contributed by atoms with Crippen LogP contribution in [0.25, 0.3) is 0 Å². The van der Waals surface area contributed by atoms with Gasteiger partial charge >= 0.3 is 6.03 Å². The van der Waals surface area contributed by atoms with Gasteiger partial charge in [-0.25, -0.2) is 4.79 Å². The molecule has 4 amide bonds. The Kier molecular flexibility index (Phi) is 11.1. The molecule has 0 saturated heterocycles. The van der Waals surface area contributed by atoms with Gasteiger partial charge in [-0.1, -0.05) is 59.8 Å². The van der Waals surface area contributed by atoms with Crippen LogP contribution >= 0.6 is 0 Å². The fourth-order valence-corrected chi connectivity index (χ4v) is 2.60. The van der Waals surface area contributed by atoms with Gasteiger partial charge in [0.05, 0.1) is 0 Å². The third-order valence-electron chi connectivity index (χ3n) is 4.32. The molecule has 0 saturated carbocycles. The average molecular weight is 372 g/mol. The lowest BCUT2D eigenvalue weighted by Crippen LogP contribution is -2.54. The van der Waals surface area contributed by atoms with Crippen molar-refractivity contribution in [1.82, 2.24) is 15.7 Å². The van der Waals surface area contributed by atoms with Crippen LogP contribution < -0.4 is 10.6 Å². The maximum Gasteiger partial charge on any atom is 0.349 e. The van der Waals surface area contributed by atoms with Crippen molar-refractivity contribution in [3.8, 4) is 0 Å². The zero-order valence-corrected chi connectivity index (χ0v) is 17.2. The Labute approximate surface area is 157 Å². The number of unbranched alkanes of at least 4 members (excludes halogenated alkanes) is 4. The lowest BCUT2D eigenvalue weighted by atomic mass is 9.85. The number of amides is 4. The number of nitrogens with one attached hydrogen (secondary N) is 2. The molecule has 0 aliphatic heterocycles. The summed E-state index contributed by atoms with van der Waals surface area (Å²) in [5.41, 5.74) is -0.847. The molecule has 0 aliphatic carbocycles. The number of imide groups is 1. The second-order valence-electron chi connectivity index (χ2n) is 7.74.